The minimum absolute atomic E-state index is 0.177. The van der Waals surface area contributed by atoms with Crippen molar-refractivity contribution in [3.05, 3.63) is 29.8 Å². The summed E-state index contributed by atoms with van der Waals surface area (Å²) in [5.74, 6) is -0.614. The predicted octanol–water partition coefficient (Wildman–Crippen LogP) is 2.30. The van der Waals surface area contributed by atoms with Crippen LogP contribution in [0.5, 0.6) is 5.75 Å². The summed E-state index contributed by atoms with van der Waals surface area (Å²) in [5.41, 5.74) is 3.62. The number of primary amides is 1. The van der Waals surface area contributed by atoms with Crippen LogP contribution in [0.3, 0.4) is 0 Å². The van der Waals surface area contributed by atoms with Crippen molar-refractivity contribution in [1.29, 1.82) is 21.0 Å². The average molecular weight is 401 g/mol. The zero-order valence-electron chi connectivity index (χ0n) is 16.5. The van der Waals surface area contributed by atoms with Gasteiger partial charge in [-0.05, 0) is 36.5 Å². The van der Waals surface area contributed by atoms with E-state index in [0.29, 0.717) is 17.9 Å². The first kappa shape index (κ1) is 20.6. The molecule has 1 aromatic rings. The second-order valence-electron chi connectivity index (χ2n) is 7.88. The molecular formula is C21H19N7O2. The number of amides is 2. The van der Waals surface area contributed by atoms with Crippen molar-refractivity contribution in [3.8, 4) is 30.0 Å². The number of nitrogens with two attached hydrogens (primary N) is 1. The lowest BCUT2D eigenvalue weighted by atomic mass is 9.35. The third-order valence-corrected chi connectivity index (χ3v) is 6.51. The molecule has 0 radical (unpaired) electrons. The summed E-state index contributed by atoms with van der Waals surface area (Å²) in [6.45, 7) is 1.72. The van der Waals surface area contributed by atoms with Gasteiger partial charge in [-0.25, -0.2) is 10.2 Å². The maximum atomic E-state index is 11.2. The third-order valence-electron chi connectivity index (χ3n) is 6.51. The number of rotatable bonds is 3. The van der Waals surface area contributed by atoms with Crippen LogP contribution in [0.1, 0.15) is 31.2 Å². The number of hydrogen-bond acceptors (Lipinski definition) is 7. The van der Waals surface area contributed by atoms with Crippen molar-refractivity contribution in [2.45, 2.75) is 25.7 Å². The van der Waals surface area contributed by atoms with Gasteiger partial charge in [-0.2, -0.15) is 26.1 Å². The van der Waals surface area contributed by atoms with Crippen LogP contribution in [0.15, 0.2) is 29.4 Å². The number of nitrogens with zero attached hydrogens (tertiary/aromatic N) is 5. The molecule has 2 bridgehead atoms. The van der Waals surface area contributed by atoms with E-state index < -0.39 is 28.2 Å². The number of fused-ring (bicyclic) bond motifs is 3. The molecule has 3 aliphatic carbocycles. The van der Waals surface area contributed by atoms with Gasteiger partial charge in [0.25, 0.3) is 0 Å². The van der Waals surface area contributed by atoms with Crippen LogP contribution in [-0.4, -0.2) is 18.9 Å². The zero-order valence-corrected chi connectivity index (χ0v) is 16.5. The monoisotopic (exact) mass is 401 g/mol. The summed E-state index contributed by atoms with van der Waals surface area (Å²) in [6.07, 6.45) is 0.572. The first-order chi connectivity index (χ1) is 14.3. The van der Waals surface area contributed by atoms with Crippen molar-refractivity contribution in [1.82, 2.24) is 5.43 Å². The van der Waals surface area contributed by atoms with Gasteiger partial charge in [0.1, 0.15) is 5.75 Å². The largest absolute Gasteiger partial charge is 0.497 e. The second-order valence-corrected chi connectivity index (χ2v) is 7.88. The van der Waals surface area contributed by atoms with Crippen molar-refractivity contribution in [2.24, 2.45) is 33.0 Å². The number of hydrogen-bond donors (Lipinski definition) is 2. The Bertz CT molecular complexity index is 1050. The number of nitrogens with one attached hydrogen (secondary N) is 1. The Balaban J connectivity index is 2.29. The Morgan fingerprint density at radius 2 is 1.77 bits per heavy atom. The van der Waals surface area contributed by atoms with Crippen molar-refractivity contribution >= 4 is 11.7 Å². The molecule has 1 aromatic carbocycles. The predicted molar refractivity (Wildman–Crippen MR) is 104 cm³/mol. The average Bonchev–Trinajstić information content (AvgIpc) is 2.76. The van der Waals surface area contributed by atoms with Crippen LogP contribution in [0.2, 0.25) is 0 Å². The molecular weight excluding hydrogens is 382 g/mol. The van der Waals surface area contributed by atoms with Gasteiger partial charge in [0.15, 0.2) is 10.8 Å². The maximum Gasteiger partial charge on any atom is 0.332 e. The fourth-order valence-electron chi connectivity index (χ4n) is 5.16. The summed E-state index contributed by atoms with van der Waals surface area (Å²) in [4.78, 5) is 11.2. The standard InChI is InChI=1S/C21H19N7O2/c1-19-7-15(13-3-5-14(30-2)6-4-13)17(16(8-19)27-28-18(26)29)20(9-22,10-23)21(19,11-24)12-25/h3-6,15,17H,7-8H2,1-2H3,(H3,26,28,29)/b27-16+. The van der Waals surface area contributed by atoms with E-state index in [4.69, 9.17) is 10.5 Å². The lowest BCUT2D eigenvalue weighted by Crippen LogP contribution is -2.66. The maximum absolute atomic E-state index is 11.2. The second kappa shape index (κ2) is 7.07. The molecule has 3 aliphatic rings. The Hall–Kier alpha value is -4.08. The van der Waals surface area contributed by atoms with E-state index in [1.54, 1.807) is 26.2 Å². The fraction of sp³-hybridized carbons (Fsp3) is 0.429. The van der Waals surface area contributed by atoms with E-state index in [9.17, 15) is 25.8 Å². The molecule has 3 atom stereocenters. The summed E-state index contributed by atoms with van der Waals surface area (Å²) in [7, 11) is 1.55. The van der Waals surface area contributed by atoms with Gasteiger partial charge < -0.3 is 10.5 Å². The first-order valence-corrected chi connectivity index (χ1v) is 9.19. The Kier molecular flexibility index (Phi) is 4.86. The molecule has 0 aromatic heterocycles. The molecule has 0 saturated heterocycles. The van der Waals surface area contributed by atoms with Gasteiger partial charge in [0, 0.05) is 17.0 Å². The molecule has 3 saturated carbocycles. The molecule has 150 valence electrons. The molecule has 30 heavy (non-hydrogen) atoms. The van der Waals surface area contributed by atoms with E-state index in [0.717, 1.165) is 5.56 Å². The van der Waals surface area contributed by atoms with Gasteiger partial charge in [0.2, 0.25) is 0 Å². The van der Waals surface area contributed by atoms with E-state index in [2.05, 4.69) is 10.5 Å². The van der Waals surface area contributed by atoms with E-state index in [1.165, 1.54) is 0 Å². The number of urea groups is 1. The summed E-state index contributed by atoms with van der Waals surface area (Å²) in [5, 5.41) is 44.5. The normalized spacial score (nSPS) is 28.9. The van der Waals surface area contributed by atoms with E-state index in [1.807, 2.05) is 36.4 Å². The van der Waals surface area contributed by atoms with Gasteiger partial charge in [-0.3, -0.25) is 0 Å². The lowest BCUT2D eigenvalue weighted by Gasteiger charge is -2.61. The van der Waals surface area contributed by atoms with Crippen LogP contribution >= 0.6 is 0 Å². The zero-order chi connectivity index (χ0) is 22.2. The summed E-state index contributed by atoms with van der Waals surface area (Å²) < 4.78 is 5.20. The Morgan fingerprint density at radius 3 is 2.23 bits per heavy atom. The van der Waals surface area contributed by atoms with E-state index >= 15 is 0 Å². The van der Waals surface area contributed by atoms with Crippen LogP contribution in [0.4, 0.5) is 4.79 Å². The molecule has 2 amide bonds. The summed E-state index contributed by atoms with van der Waals surface area (Å²) >= 11 is 0. The lowest BCUT2D eigenvalue weighted by molar-refractivity contribution is -0.0274. The van der Waals surface area contributed by atoms with Gasteiger partial charge in [0.05, 0.1) is 31.4 Å². The number of carbonyl (C=O) groups excluding carboxylic acids is 1. The van der Waals surface area contributed by atoms with Crippen LogP contribution in [-0.2, 0) is 0 Å². The van der Waals surface area contributed by atoms with Gasteiger partial charge in [-0.1, -0.05) is 19.1 Å². The van der Waals surface area contributed by atoms with Crippen LogP contribution in [0.25, 0.3) is 0 Å². The summed E-state index contributed by atoms with van der Waals surface area (Å²) in [6, 6.07) is 14.3. The number of hydrazone groups is 1. The fourth-order valence-corrected chi connectivity index (χ4v) is 5.16. The Labute approximate surface area is 173 Å². The highest BCUT2D eigenvalue weighted by atomic mass is 16.5. The first-order valence-electron chi connectivity index (χ1n) is 9.19. The quantitative estimate of drug-likeness (QED) is 0.735. The highest BCUT2D eigenvalue weighted by Crippen LogP contribution is 2.70. The Morgan fingerprint density at radius 1 is 1.17 bits per heavy atom. The van der Waals surface area contributed by atoms with Gasteiger partial charge >= 0.3 is 6.03 Å². The highest BCUT2D eigenvalue weighted by molar-refractivity contribution is 5.94. The molecule has 4 rings (SSSR count). The molecule has 0 aliphatic heterocycles. The molecule has 9 nitrogen and oxygen atoms in total. The SMILES string of the molecule is COc1ccc(C2CC3(C)C/C(=N\NC(N)=O)C2C(C#N)(C#N)C3(C#N)C#N)cc1. The molecule has 9 heteroatoms. The minimum atomic E-state index is -1.98. The number of carbonyl (C=O) groups is 1. The topological polar surface area (TPSA) is 172 Å². The molecule has 0 spiro atoms. The number of benzene rings is 1. The molecule has 3 unspecified atom stereocenters. The van der Waals surface area contributed by atoms with Gasteiger partial charge in [-0.15, -0.1) is 0 Å². The molecule has 3 fully saturated rings. The van der Waals surface area contributed by atoms with E-state index in [-0.39, 0.29) is 12.3 Å². The number of ether oxygens (including phenoxy) is 1. The third kappa shape index (κ3) is 2.50. The smallest absolute Gasteiger partial charge is 0.332 e. The highest BCUT2D eigenvalue weighted by Gasteiger charge is 2.76. The van der Waals surface area contributed by atoms with Crippen LogP contribution in [0, 0.1) is 67.5 Å². The van der Waals surface area contributed by atoms with Crippen molar-refractivity contribution in [2.75, 3.05) is 7.11 Å². The van der Waals surface area contributed by atoms with Crippen molar-refractivity contribution in [3.63, 3.8) is 0 Å². The molecule has 3 N–H and O–H groups in total. The minimum Gasteiger partial charge on any atom is -0.497 e. The van der Waals surface area contributed by atoms with Crippen molar-refractivity contribution < 1.29 is 9.53 Å². The van der Waals surface area contributed by atoms with Crippen LogP contribution < -0.4 is 15.9 Å². The molecule has 0 heterocycles. The number of methoxy groups -OCH3 is 1. The number of nitriles is 4.